The molecule has 1 aromatic carbocycles. The standard InChI is InChI=1S/C25H25F3N6O2/c26-25(27,28)36-21-6-3-4-16(10-21)14-29-24(35)23-15-34(33-32-23)9-2-1-5-20-12-19-11-18(17-7-8-17)13-22(19)31-30-20/h3-4,6,10-12,15,17H,1-2,5,7-9,13-14H2,(H,29,35). The van der Waals surface area contributed by atoms with E-state index in [1.54, 1.807) is 16.9 Å². The molecule has 0 saturated heterocycles. The second-order valence-electron chi connectivity index (χ2n) is 9.11. The molecule has 188 valence electrons. The number of aromatic nitrogens is 5. The third-order valence-corrected chi connectivity index (χ3v) is 6.20. The van der Waals surface area contributed by atoms with Gasteiger partial charge in [-0.25, -0.2) is 0 Å². The molecule has 8 nitrogen and oxygen atoms in total. The summed E-state index contributed by atoms with van der Waals surface area (Å²) in [6.45, 7) is 0.626. The van der Waals surface area contributed by atoms with Gasteiger partial charge in [0.2, 0.25) is 0 Å². The first kappa shape index (κ1) is 24.0. The summed E-state index contributed by atoms with van der Waals surface area (Å²) in [7, 11) is 0. The van der Waals surface area contributed by atoms with E-state index in [4.69, 9.17) is 0 Å². The van der Waals surface area contributed by atoms with Crippen molar-refractivity contribution in [2.75, 3.05) is 0 Å². The van der Waals surface area contributed by atoms with Crippen molar-refractivity contribution in [2.45, 2.75) is 58.0 Å². The smallest absolute Gasteiger partial charge is 0.406 e. The number of alkyl halides is 3. The maximum absolute atomic E-state index is 12.4. The van der Waals surface area contributed by atoms with Crippen LogP contribution >= 0.6 is 0 Å². The Kier molecular flexibility index (Phi) is 6.71. The number of nitrogens with zero attached hydrogens (tertiary/aromatic N) is 5. The quantitative estimate of drug-likeness (QED) is 0.420. The molecule has 1 amide bonds. The molecule has 5 rings (SSSR count). The van der Waals surface area contributed by atoms with Crippen LogP contribution in [0.1, 0.15) is 58.7 Å². The lowest BCUT2D eigenvalue weighted by atomic mass is 10.1. The van der Waals surface area contributed by atoms with Crippen LogP contribution in [0.25, 0.3) is 6.08 Å². The molecule has 2 aromatic heterocycles. The Bertz CT molecular complexity index is 1280. The van der Waals surface area contributed by atoms with Crippen molar-refractivity contribution in [3.05, 3.63) is 70.3 Å². The average molecular weight is 499 g/mol. The van der Waals surface area contributed by atoms with E-state index in [9.17, 15) is 18.0 Å². The summed E-state index contributed by atoms with van der Waals surface area (Å²) in [5, 5.41) is 19.3. The minimum Gasteiger partial charge on any atom is -0.406 e. The molecule has 0 aliphatic heterocycles. The van der Waals surface area contributed by atoms with E-state index in [2.05, 4.69) is 42.7 Å². The molecule has 1 saturated carbocycles. The Balaban J connectivity index is 1.06. The number of carbonyl (C=O) groups excluding carboxylic acids is 1. The first-order chi connectivity index (χ1) is 17.3. The number of aryl methyl sites for hydroxylation is 2. The number of hydrogen-bond donors (Lipinski definition) is 1. The van der Waals surface area contributed by atoms with Crippen molar-refractivity contribution >= 4 is 12.0 Å². The van der Waals surface area contributed by atoms with Crippen LogP contribution in [-0.4, -0.2) is 37.5 Å². The highest BCUT2D eigenvalue weighted by Crippen LogP contribution is 2.41. The number of unbranched alkanes of at least 4 members (excludes halogenated alkanes) is 1. The molecular weight excluding hydrogens is 473 g/mol. The largest absolute Gasteiger partial charge is 0.573 e. The van der Waals surface area contributed by atoms with Crippen LogP contribution in [0.15, 0.2) is 42.1 Å². The zero-order valence-corrected chi connectivity index (χ0v) is 19.5. The zero-order chi connectivity index (χ0) is 25.1. The number of nitrogens with one attached hydrogen (secondary N) is 1. The molecule has 11 heteroatoms. The Hall–Kier alpha value is -3.76. The van der Waals surface area contributed by atoms with E-state index in [1.807, 2.05) is 0 Å². The third kappa shape index (κ3) is 6.27. The summed E-state index contributed by atoms with van der Waals surface area (Å²) in [5.74, 6) is -0.0534. The maximum atomic E-state index is 12.4. The lowest BCUT2D eigenvalue weighted by Crippen LogP contribution is -2.23. The molecular formula is C25H25F3N6O2. The van der Waals surface area contributed by atoms with Gasteiger partial charge >= 0.3 is 6.36 Å². The summed E-state index contributed by atoms with van der Waals surface area (Å²) in [4.78, 5) is 12.4. The lowest BCUT2D eigenvalue weighted by molar-refractivity contribution is -0.274. The minimum absolute atomic E-state index is 0.0277. The molecule has 36 heavy (non-hydrogen) atoms. The van der Waals surface area contributed by atoms with Gasteiger partial charge in [0, 0.05) is 19.5 Å². The summed E-state index contributed by atoms with van der Waals surface area (Å²) in [5.41, 5.74) is 5.36. The van der Waals surface area contributed by atoms with Gasteiger partial charge in [-0.05, 0) is 67.3 Å². The Morgan fingerprint density at radius 2 is 2.00 bits per heavy atom. The van der Waals surface area contributed by atoms with E-state index in [0.29, 0.717) is 12.1 Å². The number of fused-ring (bicyclic) bond motifs is 1. The van der Waals surface area contributed by atoms with Crippen molar-refractivity contribution < 1.29 is 22.7 Å². The first-order valence-corrected chi connectivity index (χ1v) is 11.9. The molecule has 0 unspecified atom stereocenters. The molecule has 1 fully saturated rings. The zero-order valence-electron chi connectivity index (χ0n) is 19.5. The van der Waals surface area contributed by atoms with Gasteiger partial charge in [-0.1, -0.05) is 29.0 Å². The predicted molar refractivity (Wildman–Crippen MR) is 124 cm³/mol. The van der Waals surface area contributed by atoms with Crippen LogP contribution in [0, 0.1) is 5.92 Å². The van der Waals surface area contributed by atoms with E-state index >= 15 is 0 Å². The molecule has 2 aliphatic carbocycles. The first-order valence-electron chi connectivity index (χ1n) is 11.9. The SMILES string of the molecule is O=C(NCc1cccc(OC(F)(F)F)c1)c1cn(CCCCc2cc3c(nn2)CC(C2CC2)=C3)nn1. The van der Waals surface area contributed by atoms with Crippen molar-refractivity contribution in [2.24, 2.45) is 5.92 Å². The Morgan fingerprint density at radius 1 is 1.14 bits per heavy atom. The average Bonchev–Trinajstić information content (AvgIpc) is 3.42. The van der Waals surface area contributed by atoms with E-state index in [-0.39, 0.29) is 18.0 Å². The van der Waals surface area contributed by atoms with Gasteiger partial charge in [-0.2, -0.15) is 10.2 Å². The van der Waals surface area contributed by atoms with Gasteiger partial charge in [-0.3, -0.25) is 9.48 Å². The number of amides is 1. The molecule has 0 spiro atoms. The summed E-state index contributed by atoms with van der Waals surface area (Å²) in [6.07, 6.45) is 5.12. The second-order valence-corrected chi connectivity index (χ2v) is 9.11. The predicted octanol–water partition coefficient (Wildman–Crippen LogP) is 4.27. The monoisotopic (exact) mass is 498 g/mol. The number of benzene rings is 1. The van der Waals surface area contributed by atoms with Gasteiger partial charge < -0.3 is 10.1 Å². The Morgan fingerprint density at radius 3 is 2.81 bits per heavy atom. The van der Waals surface area contributed by atoms with E-state index in [1.165, 1.54) is 42.2 Å². The van der Waals surface area contributed by atoms with Crippen LogP contribution in [0.2, 0.25) is 0 Å². The van der Waals surface area contributed by atoms with Crippen molar-refractivity contribution in [1.29, 1.82) is 0 Å². The summed E-state index contributed by atoms with van der Waals surface area (Å²) >= 11 is 0. The van der Waals surface area contributed by atoms with Crippen molar-refractivity contribution in [3.8, 4) is 5.75 Å². The van der Waals surface area contributed by atoms with Crippen molar-refractivity contribution in [1.82, 2.24) is 30.5 Å². The Labute approximate surface area is 205 Å². The highest BCUT2D eigenvalue weighted by Gasteiger charge is 2.31. The van der Waals surface area contributed by atoms with Crippen LogP contribution in [0.5, 0.6) is 5.75 Å². The molecule has 3 aromatic rings. The van der Waals surface area contributed by atoms with Gasteiger partial charge in [-0.15, -0.1) is 18.3 Å². The number of ether oxygens (including phenoxy) is 1. The normalized spacial score (nSPS) is 14.9. The molecule has 0 radical (unpaired) electrons. The topological polar surface area (TPSA) is 94.8 Å². The molecule has 2 heterocycles. The van der Waals surface area contributed by atoms with Crippen LogP contribution < -0.4 is 10.1 Å². The fourth-order valence-corrected chi connectivity index (χ4v) is 4.24. The number of halogens is 3. The molecule has 0 bridgehead atoms. The van der Waals surface area contributed by atoms with Crippen LogP contribution in [-0.2, 0) is 25.9 Å². The highest BCUT2D eigenvalue weighted by atomic mass is 19.4. The fourth-order valence-electron chi connectivity index (χ4n) is 4.24. The summed E-state index contributed by atoms with van der Waals surface area (Å²) < 4.78 is 42.6. The molecule has 1 N–H and O–H groups in total. The van der Waals surface area contributed by atoms with Crippen LogP contribution in [0.3, 0.4) is 0 Å². The van der Waals surface area contributed by atoms with Crippen LogP contribution in [0.4, 0.5) is 13.2 Å². The molecule has 2 aliphatic rings. The third-order valence-electron chi connectivity index (χ3n) is 6.20. The second kappa shape index (κ2) is 10.1. The van der Waals surface area contributed by atoms with Gasteiger partial charge in [0.25, 0.3) is 5.91 Å². The van der Waals surface area contributed by atoms with E-state index < -0.39 is 12.3 Å². The number of hydrogen-bond acceptors (Lipinski definition) is 6. The number of allylic oxidation sites excluding steroid dienone is 1. The van der Waals surface area contributed by atoms with Gasteiger partial charge in [0.05, 0.1) is 17.6 Å². The molecule has 0 atom stereocenters. The lowest BCUT2D eigenvalue weighted by Gasteiger charge is -2.10. The minimum atomic E-state index is -4.77. The summed E-state index contributed by atoms with van der Waals surface area (Å²) in [6, 6.07) is 7.57. The fraction of sp³-hybridized carbons (Fsp3) is 0.400. The number of carbonyl (C=O) groups is 1. The number of rotatable bonds is 10. The highest BCUT2D eigenvalue weighted by molar-refractivity contribution is 5.91. The van der Waals surface area contributed by atoms with Gasteiger partial charge in [0.15, 0.2) is 5.69 Å². The van der Waals surface area contributed by atoms with E-state index in [0.717, 1.165) is 43.0 Å². The van der Waals surface area contributed by atoms with Crippen molar-refractivity contribution in [3.63, 3.8) is 0 Å². The maximum Gasteiger partial charge on any atom is 0.573 e. The van der Waals surface area contributed by atoms with Gasteiger partial charge in [0.1, 0.15) is 5.75 Å².